The lowest BCUT2D eigenvalue weighted by Gasteiger charge is -2.10. The van der Waals surface area contributed by atoms with Crippen LogP contribution in [-0.2, 0) is 17.6 Å². The first-order chi connectivity index (χ1) is 12.5. The highest BCUT2D eigenvalue weighted by molar-refractivity contribution is 6.02. The Morgan fingerprint density at radius 1 is 1.12 bits per heavy atom. The monoisotopic (exact) mass is 359 g/mol. The fourth-order valence-corrected chi connectivity index (χ4v) is 2.99. The van der Waals surface area contributed by atoms with Gasteiger partial charge < -0.3 is 14.8 Å². The zero-order valence-corrected chi connectivity index (χ0v) is 14.3. The number of hydrogen-bond donors (Lipinski definition) is 1. The number of carbonyl (C=O) groups is 1. The number of benzene rings is 2. The van der Waals surface area contributed by atoms with Crippen LogP contribution >= 0.6 is 0 Å². The number of anilines is 1. The van der Waals surface area contributed by atoms with E-state index in [0.717, 1.165) is 24.9 Å². The number of rotatable bonds is 6. The normalized spacial score (nSPS) is 13.1. The Kier molecular flexibility index (Phi) is 5.51. The van der Waals surface area contributed by atoms with Crippen LogP contribution in [0.15, 0.2) is 42.5 Å². The van der Waals surface area contributed by atoms with Gasteiger partial charge in [0.05, 0.1) is 7.11 Å². The molecule has 0 heterocycles. The molecule has 1 aliphatic rings. The molecule has 1 aliphatic carbocycles. The van der Waals surface area contributed by atoms with Crippen molar-refractivity contribution in [2.75, 3.05) is 12.4 Å². The van der Waals surface area contributed by atoms with Gasteiger partial charge in [-0.25, -0.2) is 0 Å². The Hall–Kier alpha value is -2.89. The molecule has 0 spiro atoms. The molecule has 0 fully saturated rings. The lowest BCUT2D eigenvalue weighted by atomic mass is 10.1. The van der Waals surface area contributed by atoms with Crippen molar-refractivity contribution in [2.45, 2.75) is 25.9 Å². The first kappa shape index (κ1) is 17.9. The second-order valence-electron chi connectivity index (χ2n) is 5.95. The number of carbonyl (C=O) groups excluding carboxylic acids is 1. The van der Waals surface area contributed by atoms with Gasteiger partial charge >= 0.3 is 6.61 Å². The molecule has 0 aromatic heterocycles. The molecule has 2 aromatic carbocycles. The summed E-state index contributed by atoms with van der Waals surface area (Å²) >= 11 is 0. The molecule has 26 heavy (non-hydrogen) atoms. The molecule has 2 aromatic rings. The number of methoxy groups -OCH3 is 1. The fraction of sp³-hybridized carbons (Fsp3) is 0.250. The van der Waals surface area contributed by atoms with Crippen LogP contribution in [0.1, 0.15) is 23.1 Å². The first-order valence-corrected chi connectivity index (χ1v) is 8.29. The van der Waals surface area contributed by atoms with Crippen LogP contribution in [0, 0.1) is 0 Å². The maximum absolute atomic E-state index is 12.3. The molecule has 0 atom stereocenters. The molecule has 4 nitrogen and oxygen atoms in total. The molecule has 1 N–H and O–H groups in total. The van der Waals surface area contributed by atoms with E-state index in [1.807, 2.05) is 18.2 Å². The predicted octanol–water partition coefficient (Wildman–Crippen LogP) is 4.44. The highest BCUT2D eigenvalue weighted by Gasteiger charge is 2.12. The van der Waals surface area contributed by atoms with Gasteiger partial charge in [0.2, 0.25) is 5.91 Å². The summed E-state index contributed by atoms with van der Waals surface area (Å²) in [6, 6.07) is 10.4. The maximum Gasteiger partial charge on any atom is 0.387 e. The average molecular weight is 359 g/mol. The molecule has 6 heteroatoms. The van der Waals surface area contributed by atoms with E-state index in [9.17, 15) is 13.6 Å². The number of ether oxygens (including phenoxy) is 2. The van der Waals surface area contributed by atoms with Gasteiger partial charge in [-0.05, 0) is 66.3 Å². The molecule has 136 valence electrons. The molecule has 0 saturated heterocycles. The molecular weight excluding hydrogens is 340 g/mol. The average Bonchev–Trinajstić information content (AvgIpc) is 3.08. The summed E-state index contributed by atoms with van der Waals surface area (Å²) in [5.74, 6) is -0.149. The summed E-state index contributed by atoms with van der Waals surface area (Å²) in [5, 5.41) is 2.83. The van der Waals surface area contributed by atoms with E-state index in [1.165, 1.54) is 36.4 Å². The Morgan fingerprint density at radius 2 is 1.92 bits per heavy atom. The quantitative estimate of drug-likeness (QED) is 0.776. The summed E-state index contributed by atoms with van der Waals surface area (Å²) < 4.78 is 34.1. The van der Waals surface area contributed by atoms with Crippen molar-refractivity contribution in [3.8, 4) is 11.5 Å². The minimum Gasteiger partial charge on any atom is -0.493 e. The van der Waals surface area contributed by atoms with Crippen molar-refractivity contribution < 1.29 is 23.0 Å². The van der Waals surface area contributed by atoms with Crippen molar-refractivity contribution in [3.05, 3.63) is 59.2 Å². The Bertz CT molecular complexity index is 834. The van der Waals surface area contributed by atoms with Crippen molar-refractivity contribution in [2.24, 2.45) is 0 Å². The smallest absolute Gasteiger partial charge is 0.387 e. The minimum absolute atomic E-state index is 0.0535. The van der Waals surface area contributed by atoms with E-state index in [2.05, 4.69) is 10.1 Å². The number of alkyl halides is 2. The van der Waals surface area contributed by atoms with Crippen LogP contribution in [0.5, 0.6) is 11.5 Å². The van der Waals surface area contributed by atoms with Crippen LogP contribution in [0.25, 0.3) is 6.08 Å². The zero-order chi connectivity index (χ0) is 18.5. The van der Waals surface area contributed by atoms with Gasteiger partial charge in [0.1, 0.15) is 0 Å². The Labute approximate surface area is 150 Å². The zero-order valence-electron chi connectivity index (χ0n) is 14.3. The van der Waals surface area contributed by atoms with Gasteiger partial charge in [0.15, 0.2) is 11.5 Å². The number of fused-ring (bicyclic) bond motifs is 1. The SMILES string of the molecule is COc1cc(/C=C/C(=O)Nc2ccc3c(c2)CCC3)ccc1OC(F)F. The topological polar surface area (TPSA) is 47.6 Å². The van der Waals surface area contributed by atoms with Gasteiger partial charge in [-0.1, -0.05) is 12.1 Å². The largest absolute Gasteiger partial charge is 0.493 e. The van der Waals surface area contributed by atoms with E-state index in [4.69, 9.17) is 4.74 Å². The molecule has 0 radical (unpaired) electrons. The summed E-state index contributed by atoms with van der Waals surface area (Å²) in [4.78, 5) is 12.1. The van der Waals surface area contributed by atoms with Gasteiger partial charge in [0.25, 0.3) is 0 Å². The summed E-state index contributed by atoms with van der Waals surface area (Å²) in [7, 11) is 1.36. The summed E-state index contributed by atoms with van der Waals surface area (Å²) in [6.07, 6.45) is 6.25. The standard InChI is InChI=1S/C20H19F2NO3/c1-25-18-11-13(5-9-17(18)26-20(21)22)6-10-19(24)23-16-8-7-14-3-2-4-15(14)12-16/h5-12,20H,2-4H2,1H3,(H,23,24)/b10-6+. The maximum atomic E-state index is 12.3. The minimum atomic E-state index is -2.93. The lowest BCUT2D eigenvalue weighted by molar-refractivity contribution is -0.111. The highest BCUT2D eigenvalue weighted by Crippen LogP contribution is 2.30. The summed E-state index contributed by atoms with van der Waals surface area (Å²) in [5.41, 5.74) is 4.02. The number of hydrogen-bond acceptors (Lipinski definition) is 3. The Morgan fingerprint density at radius 3 is 2.69 bits per heavy atom. The second kappa shape index (κ2) is 7.99. The molecule has 0 aliphatic heterocycles. The van der Waals surface area contributed by atoms with Crippen molar-refractivity contribution in [1.29, 1.82) is 0 Å². The van der Waals surface area contributed by atoms with Crippen LogP contribution in [0.4, 0.5) is 14.5 Å². The van der Waals surface area contributed by atoms with Gasteiger partial charge in [-0.3, -0.25) is 4.79 Å². The van der Waals surface area contributed by atoms with Crippen molar-refractivity contribution in [1.82, 2.24) is 0 Å². The van der Waals surface area contributed by atoms with Crippen molar-refractivity contribution in [3.63, 3.8) is 0 Å². The third kappa shape index (κ3) is 4.39. The van der Waals surface area contributed by atoms with Gasteiger partial charge in [-0.2, -0.15) is 8.78 Å². The highest BCUT2D eigenvalue weighted by atomic mass is 19.3. The molecule has 1 amide bonds. The third-order valence-electron chi connectivity index (χ3n) is 4.20. The number of amides is 1. The van der Waals surface area contributed by atoms with Crippen LogP contribution < -0.4 is 14.8 Å². The van der Waals surface area contributed by atoms with Crippen LogP contribution in [0.3, 0.4) is 0 Å². The fourth-order valence-electron chi connectivity index (χ4n) is 2.99. The third-order valence-corrected chi connectivity index (χ3v) is 4.20. The summed E-state index contributed by atoms with van der Waals surface area (Å²) in [6.45, 7) is -2.93. The predicted molar refractivity (Wildman–Crippen MR) is 95.8 cm³/mol. The molecule has 0 unspecified atom stereocenters. The number of halogens is 2. The second-order valence-corrected chi connectivity index (χ2v) is 5.95. The molecule has 0 saturated carbocycles. The van der Waals surface area contributed by atoms with E-state index in [0.29, 0.717) is 5.56 Å². The number of aryl methyl sites for hydroxylation is 2. The van der Waals surface area contributed by atoms with E-state index in [1.54, 1.807) is 12.1 Å². The molecule has 0 bridgehead atoms. The molecular formula is C20H19F2NO3. The van der Waals surface area contributed by atoms with Crippen LogP contribution in [-0.4, -0.2) is 19.6 Å². The first-order valence-electron chi connectivity index (χ1n) is 8.29. The van der Waals surface area contributed by atoms with Gasteiger partial charge in [-0.15, -0.1) is 0 Å². The molecule has 3 rings (SSSR count). The van der Waals surface area contributed by atoms with Gasteiger partial charge in [0, 0.05) is 11.8 Å². The van der Waals surface area contributed by atoms with E-state index in [-0.39, 0.29) is 17.4 Å². The van der Waals surface area contributed by atoms with E-state index >= 15 is 0 Å². The lowest BCUT2D eigenvalue weighted by Crippen LogP contribution is -2.08. The van der Waals surface area contributed by atoms with Crippen LogP contribution in [0.2, 0.25) is 0 Å². The van der Waals surface area contributed by atoms with Crippen molar-refractivity contribution >= 4 is 17.7 Å². The Balaban J connectivity index is 1.66. The van der Waals surface area contributed by atoms with E-state index < -0.39 is 6.61 Å². The number of nitrogens with one attached hydrogen (secondary N) is 1.